The van der Waals surface area contributed by atoms with Gasteiger partial charge >= 0.3 is 0 Å². The Morgan fingerprint density at radius 1 is 0.698 bits per heavy atom. The van der Waals surface area contributed by atoms with Gasteiger partial charge in [0.05, 0.1) is 13.2 Å². The van der Waals surface area contributed by atoms with Gasteiger partial charge in [-0.3, -0.25) is 9.59 Å². The zero-order valence-corrected chi connectivity index (χ0v) is 27.1. The van der Waals surface area contributed by atoms with Gasteiger partial charge in [0, 0.05) is 13.0 Å². The molecule has 1 heterocycles. The second-order valence-corrected chi connectivity index (χ2v) is 12.2. The lowest BCUT2D eigenvalue weighted by Gasteiger charge is -2.39. The van der Waals surface area contributed by atoms with Crippen LogP contribution in [0.3, 0.4) is 0 Å². The molecule has 1 saturated heterocycles. The fourth-order valence-corrected chi connectivity index (χ4v) is 5.39. The van der Waals surface area contributed by atoms with E-state index in [1.165, 1.54) is 77.0 Å². The average Bonchev–Trinajstić information content (AvgIpc) is 3.00. The van der Waals surface area contributed by atoms with Gasteiger partial charge in [0.2, 0.25) is 11.8 Å². The van der Waals surface area contributed by atoms with E-state index in [9.17, 15) is 30.0 Å². The van der Waals surface area contributed by atoms with Crippen molar-refractivity contribution in [2.24, 2.45) is 0 Å². The van der Waals surface area contributed by atoms with Gasteiger partial charge in [-0.05, 0) is 12.8 Å². The van der Waals surface area contributed by atoms with Crippen molar-refractivity contribution >= 4 is 11.8 Å². The zero-order chi connectivity index (χ0) is 31.7. The van der Waals surface area contributed by atoms with Gasteiger partial charge in [-0.15, -0.1) is 0 Å². The molecule has 43 heavy (non-hydrogen) atoms. The molecular weight excluding hydrogens is 552 g/mol. The number of aliphatic hydroxyl groups excluding tert-OH is 4. The zero-order valence-electron chi connectivity index (χ0n) is 27.1. The molecule has 0 saturated carbocycles. The molecule has 0 spiro atoms. The number of hydrogen-bond acceptors (Lipinski definition) is 8. The first-order chi connectivity index (χ1) is 20.8. The monoisotopic (exact) mass is 616 g/mol. The second-order valence-electron chi connectivity index (χ2n) is 12.2. The van der Waals surface area contributed by atoms with Crippen LogP contribution in [0.15, 0.2) is 0 Å². The molecule has 10 nitrogen and oxygen atoms in total. The van der Waals surface area contributed by atoms with Gasteiger partial charge in [0.15, 0.2) is 6.29 Å². The number of hydrogen-bond donors (Lipinski definition) is 6. The highest BCUT2D eigenvalue weighted by molar-refractivity contribution is 5.87. The van der Waals surface area contributed by atoms with Crippen molar-refractivity contribution in [1.82, 2.24) is 10.6 Å². The highest BCUT2D eigenvalue weighted by Crippen LogP contribution is 2.22. The summed E-state index contributed by atoms with van der Waals surface area (Å²) in [5.41, 5.74) is 0. The van der Waals surface area contributed by atoms with Crippen LogP contribution in [0.1, 0.15) is 142 Å². The van der Waals surface area contributed by atoms with Gasteiger partial charge in [-0.1, -0.05) is 123 Å². The Kier molecular flexibility index (Phi) is 24.0. The maximum absolute atomic E-state index is 12.9. The number of aliphatic hydroxyl groups is 4. The molecule has 0 radical (unpaired) electrons. The first kappa shape index (κ1) is 39.7. The van der Waals surface area contributed by atoms with Gasteiger partial charge < -0.3 is 40.5 Å². The fraction of sp³-hybridized carbons (Fsp3) is 0.939. The first-order valence-electron chi connectivity index (χ1n) is 17.3. The van der Waals surface area contributed by atoms with E-state index < -0.39 is 49.3 Å². The summed E-state index contributed by atoms with van der Waals surface area (Å²) >= 11 is 0. The van der Waals surface area contributed by atoms with Crippen LogP contribution >= 0.6 is 0 Å². The van der Waals surface area contributed by atoms with Crippen LogP contribution in [0.4, 0.5) is 0 Å². The summed E-state index contributed by atoms with van der Waals surface area (Å²) in [5, 5.41) is 45.2. The molecule has 1 aliphatic heterocycles. The molecule has 0 aromatic heterocycles. The minimum Gasteiger partial charge on any atom is -0.394 e. The predicted molar refractivity (Wildman–Crippen MR) is 168 cm³/mol. The molecule has 6 N–H and O–H groups in total. The average molecular weight is 617 g/mol. The predicted octanol–water partition coefficient (Wildman–Crippen LogP) is 4.25. The van der Waals surface area contributed by atoms with E-state index in [-0.39, 0.29) is 12.5 Å². The fourth-order valence-electron chi connectivity index (χ4n) is 5.39. The molecule has 254 valence electrons. The molecule has 2 amide bonds. The van der Waals surface area contributed by atoms with Crippen LogP contribution in [0.25, 0.3) is 0 Å². The maximum atomic E-state index is 12.9. The lowest BCUT2D eigenvalue weighted by atomic mass is 9.99. The Morgan fingerprint density at radius 2 is 1.19 bits per heavy atom. The number of ether oxygens (including phenoxy) is 2. The molecule has 1 aliphatic rings. The lowest BCUT2D eigenvalue weighted by Crippen LogP contribution is -2.60. The summed E-state index contributed by atoms with van der Waals surface area (Å²) in [7, 11) is 0. The molecule has 0 aromatic rings. The second kappa shape index (κ2) is 26.0. The molecule has 6 atom stereocenters. The third kappa shape index (κ3) is 18.3. The minimum absolute atomic E-state index is 0.252. The Bertz CT molecular complexity index is 696. The summed E-state index contributed by atoms with van der Waals surface area (Å²) in [6.07, 6.45) is 15.8. The number of carbonyl (C=O) groups is 2. The lowest BCUT2D eigenvalue weighted by molar-refractivity contribution is -0.301. The van der Waals surface area contributed by atoms with E-state index in [0.717, 1.165) is 44.9 Å². The number of unbranched alkanes of at least 4 members (excludes halogenated alkanes) is 17. The number of nitrogens with one attached hydrogen (secondary N) is 2. The Labute approximate surface area is 260 Å². The molecule has 0 aromatic carbocycles. The van der Waals surface area contributed by atoms with Crippen LogP contribution in [0, 0.1) is 0 Å². The van der Waals surface area contributed by atoms with Crippen LogP contribution in [0.2, 0.25) is 0 Å². The largest absolute Gasteiger partial charge is 0.394 e. The van der Waals surface area contributed by atoms with Crippen molar-refractivity contribution < 1.29 is 39.5 Å². The third-order valence-corrected chi connectivity index (χ3v) is 8.26. The van der Waals surface area contributed by atoms with E-state index in [2.05, 4.69) is 24.5 Å². The van der Waals surface area contributed by atoms with E-state index >= 15 is 0 Å². The van der Waals surface area contributed by atoms with Crippen molar-refractivity contribution in [2.75, 3.05) is 19.8 Å². The van der Waals surface area contributed by atoms with Crippen LogP contribution < -0.4 is 10.6 Å². The van der Waals surface area contributed by atoms with Crippen molar-refractivity contribution in [3.8, 4) is 0 Å². The summed E-state index contributed by atoms with van der Waals surface area (Å²) in [4.78, 5) is 25.6. The summed E-state index contributed by atoms with van der Waals surface area (Å²) < 4.78 is 11.0. The minimum atomic E-state index is -1.58. The van der Waals surface area contributed by atoms with Gasteiger partial charge in [-0.2, -0.15) is 0 Å². The molecule has 1 fully saturated rings. The normalized spacial score (nSPS) is 22.8. The van der Waals surface area contributed by atoms with E-state index in [1.54, 1.807) is 0 Å². The van der Waals surface area contributed by atoms with Crippen LogP contribution in [-0.2, 0) is 19.1 Å². The molecule has 0 aliphatic carbocycles. The Balaban J connectivity index is 2.34. The SMILES string of the molecule is CCCCCCCCCCCCCCCCCC(=O)N[C@@H](CO[C@@H]1O[C@H](CO)[C@H](O)[C@H](O)[C@H]1O)C(=O)NCCCCCC. The van der Waals surface area contributed by atoms with Crippen molar-refractivity contribution in [3.05, 3.63) is 0 Å². The van der Waals surface area contributed by atoms with Crippen LogP contribution in [0.5, 0.6) is 0 Å². The Morgan fingerprint density at radius 3 is 1.70 bits per heavy atom. The standard InChI is InChI=1S/C33H64N2O8/c1-3-5-7-9-10-11-12-13-14-15-16-17-18-19-20-22-28(37)35-26(32(41)34-23-21-8-6-4-2)25-42-33-31(40)30(39)29(38)27(24-36)43-33/h26-27,29-31,33,36,38-40H,3-25H2,1-2H3,(H,34,41)(H,35,37)/t26-,27+,29-,30-,31+,33+/m0/s1. The van der Waals surface area contributed by atoms with Crippen LogP contribution in [-0.4, -0.2) is 88.7 Å². The Hall–Kier alpha value is -1.30. The number of carbonyl (C=O) groups excluding carboxylic acids is 2. The van der Waals surface area contributed by atoms with Gasteiger partial charge in [0.25, 0.3) is 0 Å². The van der Waals surface area contributed by atoms with E-state index in [1.807, 2.05) is 0 Å². The maximum Gasteiger partial charge on any atom is 0.244 e. The van der Waals surface area contributed by atoms with Crippen molar-refractivity contribution in [2.45, 2.75) is 179 Å². The highest BCUT2D eigenvalue weighted by Gasteiger charge is 2.44. The highest BCUT2D eigenvalue weighted by atomic mass is 16.7. The van der Waals surface area contributed by atoms with E-state index in [0.29, 0.717) is 13.0 Å². The van der Waals surface area contributed by atoms with Gasteiger partial charge in [0.1, 0.15) is 30.5 Å². The molecular formula is C33H64N2O8. The molecule has 0 bridgehead atoms. The van der Waals surface area contributed by atoms with E-state index in [4.69, 9.17) is 9.47 Å². The quantitative estimate of drug-likeness (QED) is 0.0748. The summed E-state index contributed by atoms with van der Waals surface area (Å²) in [6.45, 7) is 3.96. The number of rotatable bonds is 27. The summed E-state index contributed by atoms with van der Waals surface area (Å²) in [5.74, 6) is -0.649. The molecule has 1 rings (SSSR count). The molecule has 10 heteroatoms. The number of amides is 2. The van der Waals surface area contributed by atoms with Gasteiger partial charge in [-0.25, -0.2) is 0 Å². The van der Waals surface area contributed by atoms with Crippen molar-refractivity contribution in [1.29, 1.82) is 0 Å². The molecule has 0 unspecified atom stereocenters. The summed E-state index contributed by atoms with van der Waals surface area (Å²) in [6, 6.07) is -1.01. The van der Waals surface area contributed by atoms with Crippen molar-refractivity contribution in [3.63, 3.8) is 0 Å². The third-order valence-electron chi connectivity index (χ3n) is 8.26. The topological polar surface area (TPSA) is 158 Å². The first-order valence-corrected chi connectivity index (χ1v) is 17.3. The smallest absolute Gasteiger partial charge is 0.244 e.